The topological polar surface area (TPSA) is 76.4 Å². The van der Waals surface area contributed by atoms with Crippen LogP contribution in [0.1, 0.15) is 17.0 Å². The lowest BCUT2D eigenvalue weighted by Crippen LogP contribution is -2.37. The first-order valence-corrected chi connectivity index (χ1v) is 7.36. The van der Waals surface area contributed by atoms with Gasteiger partial charge < -0.3 is 15.4 Å². The average molecular weight is 356 g/mol. The van der Waals surface area contributed by atoms with Crippen molar-refractivity contribution in [2.75, 3.05) is 14.2 Å². The lowest BCUT2D eigenvalue weighted by molar-refractivity contribution is -0.138. The highest BCUT2D eigenvalue weighted by Gasteiger charge is 2.33. The van der Waals surface area contributed by atoms with Gasteiger partial charge >= 0.3 is 6.18 Å². The van der Waals surface area contributed by atoms with Crippen molar-refractivity contribution >= 4 is 5.96 Å². The van der Waals surface area contributed by atoms with Crippen molar-refractivity contribution in [1.29, 1.82) is 0 Å². The Morgan fingerprint density at radius 2 is 2.00 bits per heavy atom. The number of nitrogens with zero attached hydrogens (tertiary/aromatic N) is 4. The number of benzene rings is 1. The normalized spacial score (nSPS) is 12.2. The highest BCUT2D eigenvalue weighted by molar-refractivity contribution is 5.79. The maximum absolute atomic E-state index is 13.2. The Kier molecular flexibility index (Phi) is 5.84. The second-order valence-electron chi connectivity index (χ2n) is 5.10. The molecule has 0 aliphatic heterocycles. The number of ether oxygens (including phenoxy) is 1. The summed E-state index contributed by atoms with van der Waals surface area (Å²) in [4.78, 5) is 8.04. The van der Waals surface area contributed by atoms with E-state index >= 15 is 0 Å². The quantitative estimate of drug-likeness (QED) is 0.630. The molecule has 7 nitrogen and oxygen atoms in total. The van der Waals surface area contributed by atoms with E-state index in [9.17, 15) is 13.2 Å². The molecule has 0 bridgehead atoms. The number of aryl methyl sites for hydroxylation is 1. The van der Waals surface area contributed by atoms with Gasteiger partial charge in [0, 0.05) is 20.6 Å². The molecule has 1 heterocycles. The minimum Gasteiger partial charge on any atom is -0.497 e. The molecular weight excluding hydrogens is 337 g/mol. The summed E-state index contributed by atoms with van der Waals surface area (Å²) in [5.74, 6) is 1.18. The Balaban J connectivity index is 2.05. The zero-order chi connectivity index (χ0) is 18.4. The predicted molar refractivity (Wildman–Crippen MR) is 86.0 cm³/mol. The SMILES string of the molecule is CN=C(NCc1ccc(OC)cc1C(F)(F)F)NCc1ncnn1C. The maximum atomic E-state index is 13.2. The molecule has 0 spiro atoms. The molecule has 25 heavy (non-hydrogen) atoms. The molecule has 2 aromatic rings. The molecule has 0 fully saturated rings. The van der Waals surface area contributed by atoms with Crippen molar-refractivity contribution in [2.45, 2.75) is 19.3 Å². The summed E-state index contributed by atoms with van der Waals surface area (Å²) in [5.41, 5.74) is -0.655. The van der Waals surface area contributed by atoms with Gasteiger partial charge in [-0.1, -0.05) is 6.07 Å². The predicted octanol–water partition coefficient (Wildman–Crippen LogP) is 1.71. The van der Waals surface area contributed by atoms with Crippen molar-refractivity contribution in [2.24, 2.45) is 12.0 Å². The van der Waals surface area contributed by atoms with E-state index in [0.29, 0.717) is 18.3 Å². The van der Waals surface area contributed by atoms with Crippen molar-refractivity contribution < 1.29 is 17.9 Å². The smallest absolute Gasteiger partial charge is 0.416 e. The van der Waals surface area contributed by atoms with Crippen LogP contribution in [0.25, 0.3) is 0 Å². The minimum absolute atomic E-state index is 0.0443. The molecule has 2 rings (SSSR count). The van der Waals surface area contributed by atoms with Crippen LogP contribution in [0.4, 0.5) is 13.2 Å². The number of nitrogens with one attached hydrogen (secondary N) is 2. The van der Waals surface area contributed by atoms with E-state index in [1.54, 1.807) is 11.7 Å². The Hall–Kier alpha value is -2.78. The van der Waals surface area contributed by atoms with Crippen molar-refractivity contribution in [3.05, 3.63) is 41.5 Å². The Morgan fingerprint density at radius 1 is 1.28 bits per heavy atom. The molecule has 0 amide bonds. The third-order valence-corrected chi connectivity index (χ3v) is 3.51. The number of hydrogen-bond acceptors (Lipinski definition) is 4. The number of hydrogen-bond donors (Lipinski definition) is 2. The number of halogens is 3. The van der Waals surface area contributed by atoms with E-state index < -0.39 is 11.7 Å². The average Bonchev–Trinajstić information content (AvgIpc) is 2.99. The van der Waals surface area contributed by atoms with Crippen molar-refractivity contribution in [1.82, 2.24) is 25.4 Å². The van der Waals surface area contributed by atoms with E-state index in [1.807, 2.05) is 0 Å². The van der Waals surface area contributed by atoms with Gasteiger partial charge in [-0.05, 0) is 17.7 Å². The summed E-state index contributed by atoms with van der Waals surface area (Å²) in [6.45, 7) is 0.294. The lowest BCUT2D eigenvalue weighted by Gasteiger charge is -2.16. The van der Waals surface area contributed by atoms with Crippen LogP contribution in [-0.2, 0) is 26.3 Å². The number of aromatic nitrogens is 3. The molecular formula is C15H19F3N6O. The fourth-order valence-corrected chi connectivity index (χ4v) is 2.14. The highest BCUT2D eigenvalue weighted by Crippen LogP contribution is 2.34. The van der Waals surface area contributed by atoms with Gasteiger partial charge in [0.1, 0.15) is 17.9 Å². The fourth-order valence-electron chi connectivity index (χ4n) is 2.14. The summed E-state index contributed by atoms with van der Waals surface area (Å²) < 4.78 is 46.1. The maximum Gasteiger partial charge on any atom is 0.416 e. The highest BCUT2D eigenvalue weighted by atomic mass is 19.4. The molecule has 0 aliphatic carbocycles. The van der Waals surface area contributed by atoms with Gasteiger partial charge in [0.2, 0.25) is 0 Å². The number of rotatable bonds is 5. The third kappa shape index (κ3) is 4.85. The summed E-state index contributed by atoms with van der Waals surface area (Å²) in [6, 6.07) is 3.85. The Labute approximate surface area is 142 Å². The number of methoxy groups -OCH3 is 1. The van der Waals surface area contributed by atoms with Crippen LogP contribution in [0.5, 0.6) is 5.75 Å². The van der Waals surface area contributed by atoms with Crippen molar-refractivity contribution in [3.63, 3.8) is 0 Å². The van der Waals surface area contributed by atoms with Gasteiger partial charge in [-0.15, -0.1) is 0 Å². The van der Waals surface area contributed by atoms with Crippen LogP contribution in [0, 0.1) is 0 Å². The van der Waals surface area contributed by atoms with Crippen LogP contribution in [0.15, 0.2) is 29.5 Å². The first-order chi connectivity index (χ1) is 11.8. The Morgan fingerprint density at radius 3 is 2.56 bits per heavy atom. The van der Waals surface area contributed by atoms with E-state index in [-0.39, 0.29) is 17.9 Å². The lowest BCUT2D eigenvalue weighted by atomic mass is 10.1. The van der Waals surface area contributed by atoms with Crippen molar-refractivity contribution in [3.8, 4) is 5.75 Å². The van der Waals surface area contributed by atoms with Crippen LogP contribution in [0.3, 0.4) is 0 Å². The van der Waals surface area contributed by atoms with Crippen LogP contribution >= 0.6 is 0 Å². The van der Waals surface area contributed by atoms with Gasteiger partial charge in [-0.25, -0.2) is 4.98 Å². The number of guanidine groups is 1. The van der Waals surface area contributed by atoms with E-state index in [1.165, 1.54) is 32.6 Å². The first kappa shape index (κ1) is 18.6. The molecule has 0 saturated heterocycles. The van der Waals surface area contributed by atoms with Gasteiger partial charge in [-0.3, -0.25) is 9.67 Å². The largest absolute Gasteiger partial charge is 0.497 e. The first-order valence-electron chi connectivity index (χ1n) is 7.36. The molecule has 136 valence electrons. The van der Waals surface area contributed by atoms with Gasteiger partial charge in [0.05, 0.1) is 19.2 Å². The van der Waals surface area contributed by atoms with Crippen LogP contribution in [0.2, 0.25) is 0 Å². The second-order valence-corrected chi connectivity index (χ2v) is 5.10. The standard InChI is InChI=1S/C15H19F3N6O/c1-19-14(21-8-13-22-9-23-24(13)2)20-7-10-4-5-11(25-3)6-12(10)15(16,17)18/h4-6,9H,7-8H2,1-3H3,(H2,19,20,21). The summed E-state index contributed by atoms with van der Waals surface area (Å²) in [7, 11) is 4.60. The molecule has 1 aromatic carbocycles. The number of aliphatic imine (C=N–C) groups is 1. The zero-order valence-corrected chi connectivity index (χ0v) is 14.1. The number of alkyl halides is 3. The fraction of sp³-hybridized carbons (Fsp3) is 0.400. The summed E-state index contributed by atoms with van der Waals surface area (Å²) >= 11 is 0. The minimum atomic E-state index is -4.47. The molecule has 0 saturated carbocycles. The molecule has 0 aliphatic rings. The summed E-state index contributed by atoms with van der Waals surface area (Å²) in [5, 5.41) is 9.77. The molecule has 1 aromatic heterocycles. The molecule has 0 atom stereocenters. The van der Waals surface area contributed by atoms with Gasteiger partial charge in [0.25, 0.3) is 0 Å². The van der Waals surface area contributed by atoms with Crippen LogP contribution in [-0.4, -0.2) is 34.9 Å². The zero-order valence-electron chi connectivity index (χ0n) is 14.1. The monoisotopic (exact) mass is 356 g/mol. The van der Waals surface area contributed by atoms with E-state index in [4.69, 9.17) is 4.74 Å². The van der Waals surface area contributed by atoms with Crippen LogP contribution < -0.4 is 15.4 Å². The van der Waals surface area contributed by atoms with Gasteiger partial charge in [0.15, 0.2) is 5.96 Å². The molecule has 10 heteroatoms. The van der Waals surface area contributed by atoms with E-state index in [0.717, 1.165) is 6.07 Å². The van der Waals surface area contributed by atoms with Gasteiger partial charge in [-0.2, -0.15) is 18.3 Å². The summed E-state index contributed by atoms with van der Waals surface area (Å²) in [6.07, 6.45) is -3.05. The Bertz CT molecular complexity index is 741. The molecule has 0 unspecified atom stereocenters. The molecule has 0 radical (unpaired) electrons. The second kappa shape index (κ2) is 7.86. The van der Waals surface area contributed by atoms with E-state index in [2.05, 4.69) is 25.7 Å². The molecule has 2 N–H and O–H groups in total. The third-order valence-electron chi connectivity index (χ3n) is 3.51.